The van der Waals surface area contributed by atoms with Gasteiger partial charge in [-0.25, -0.2) is 0 Å². The van der Waals surface area contributed by atoms with E-state index in [-0.39, 0.29) is 2.88 Å². The number of halogens is 1. The molecule has 0 spiro atoms. The summed E-state index contributed by atoms with van der Waals surface area (Å²) in [6.45, 7) is 6.51. The quantitative estimate of drug-likeness (QED) is 0.152. The van der Waals surface area contributed by atoms with Gasteiger partial charge in [0, 0.05) is 22.9 Å². The Morgan fingerprint density at radius 1 is 0.900 bits per heavy atom. The topological polar surface area (TPSA) is 6.48 Å². The molecule has 5 heteroatoms. The molecule has 30 heavy (non-hydrogen) atoms. The Balaban J connectivity index is 1.32. The maximum Gasteiger partial charge on any atom is 0.162 e. The summed E-state index contributed by atoms with van der Waals surface area (Å²) in [7, 11) is 0. The summed E-state index contributed by atoms with van der Waals surface area (Å²) in [5, 5.41) is 0.497. The zero-order valence-electron chi connectivity index (χ0n) is 17.4. The molecule has 2 heterocycles. The molecular formula is C25H27IN2S2. The van der Waals surface area contributed by atoms with Crippen molar-refractivity contribution < 1.29 is 0 Å². The normalized spacial score (nSPS) is 23.2. The maximum absolute atomic E-state index is 2.57. The Morgan fingerprint density at radius 2 is 1.60 bits per heavy atom. The van der Waals surface area contributed by atoms with Crippen LogP contribution in [0.3, 0.4) is 0 Å². The minimum atomic E-state index is -0.0574. The monoisotopic (exact) mass is 546 g/mol. The summed E-state index contributed by atoms with van der Waals surface area (Å²) in [6.07, 6.45) is 14.3. The van der Waals surface area contributed by atoms with Crippen LogP contribution in [0.1, 0.15) is 20.3 Å². The molecule has 2 aromatic rings. The Hall–Kier alpha value is -1.31. The van der Waals surface area contributed by atoms with Crippen molar-refractivity contribution in [2.24, 2.45) is 0 Å². The van der Waals surface area contributed by atoms with Crippen LogP contribution in [0.2, 0.25) is 0 Å². The number of thioether (sulfide) groups is 2. The number of benzene rings is 2. The molecular weight excluding hydrogens is 519 g/mol. The molecule has 0 aliphatic carbocycles. The van der Waals surface area contributed by atoms with Crippen molar-refractivity contribution in [3.05, 3.63) is 85.0 Å². The predicted octanol–water partition coefficient (Wildman–Crippen LogP) is 7.72. The molecule has 156 valence electrons. The molecule has 2 aliphatic heterocycles. The fourth-order valence-electron chi connectivity index (χ4n) is 3.93. The highest BCUT2D eigenvalue weighted by molar-refractivity contribution is 14.1. The average Bonchev–Trinajstić information content (AvgIpc) is 3.26. The van der Waals surface area contributed by atoms with E-state index in [4.69, 9.17) is 0 Å². The Labute approximate surface area is 202 Å². The minimum Gasteiger partial charge on any atom is -0.358 e. The molecule has 0 amide bonds. The summed E-state index contributed by atoms with van der Waals surface area (Å²) < 4.78 is -0.0574. The summed E-state index contributed by atoms with van der Waals surface area (Å²) in [5.41, 5.74) is 2.72. The van der Waals surface area contributed by atoms with Crippen molar-refractivity contribution in [2.75, 3.05) is 22.9 Å². The number of fused-ring (bicyclic) bond motifs is 2. The van der Waals surface area contributed by atoms with Gasteiger partial charge in [0.25, 0.3) is 0 Å². The number of hydrogen-bond donors (Lipinski definition) is 0. The van der Waals surface area contributed by atoms with Crippen LogP contribution in [0.15, 0.2) is 94.8 Å². The summed E-state index contributed by atoms with van der Waals surface area (Å²) in [4.78, 5) is 7.72. The van der Waals surface area contributed by atoms with Crippen LogP contribution in [0.25, 0.3) is 0 Å². The van der Waals surface area contributed by atoms with E-state index in [1.165, 1.54) is 21.2 Å². The van der Waals surface area contributed by atoms with Crippen molar-refractivity contribution >= 4 is 57.5 Å². The minimum absolute atomic E-state index is 0.0574. The van der Waals surface area contributed by atoms with E-state index < -0.39 is 0 Å². The molecule has 2 nitrogen and oxygen atoms in total. The van der Waals surface area contributed by atoms with Gasteiger partial charge in [0.15, 0.2) is 2.88 Å². The molecule has 2 aliphatic rings. The Morgan fingerprint density at radius 3 is 2.37 bits per heavy atom. The van der Waals surface area contributed by atoms with E-state index in [0.29, 0.717) is 5.37 Å². The first-order chi connectivity index (χ1) is 14.7. The van der Waals surface area contributed by atoms with Crippen LogP contribution in [0.4, 0.5) is 11.4 Å². The van der Waals surface area contributed by atoms with Gasteiger partial charge in [-0.3, -0.25) is 0 Å². The SMILES string of the molecule is CCN1c2ccccc2SC1CC=CC=CC=CC1(I)Sc2ccccc2N1CC. The van der Waals surface area contributed by atoms with Crippen molar-refractivity contribution in [3.8, 4) is 0 Å². The van der Waals surface area contributed by atoms with Crippen LogP contribution in [0.5, 0.6) is 0 Å². The highest BCUT2D eigenvalue weighted by Crippen LogP contribution is 2.54. The molecule has 0 aromatic heterocycles. The standard InChI is InChI=1S/C25H27IN2S2/c1-3-27-20-14-9-11-16-22(20)29-24(27)18-8-6-5-7-13-19-25(26)28(4-2)21-15-10-12-17-23(21)30-25/h5-17,19,24H,3-4,18H2,1-2H3. The van der Waals surface area contributed by atoms with Gasteiger partial charge in [0.1, 0.15) is 0 Å². The first kappa shape index (κ1) is 21.9. The number of allylic oxidation sites excluding steroid dienone is 4. The lowest BCUT2D eigenvalue weighted by atomic mass is 10.2. The summed E-state index contributed by atoms with van der Waals surface area (Å²) in [5.74, 6) is 0. The lowest BCUT2D eigenvalue weighted by Gasteiger charge is -2.30. The van der Waals surface area contributed by atoms with E-state index in [2.05, 4.69) is 131 Å². The van der Waals surface area contributed by atoms with Crippen molar-refractivity contribution in [1.82, 2.24) is 0 Å². The third-order valence-electron chi connectivity index (χ3n) is 5.33. The maximum atomic E-state index is 2.57. The first-order valence-corrected chi connectivity index (χ1v) is 13.2. The highest BCUT2D eigenvalue weighted by atomic mass is 127. The lowest BCUT2D eigenvalue weighted by Crippen LogP contribution is -2.35. The average molecular weight is 547 g/mol. The number of likely N-dealkylation sites (N-methyl/N-ethyl adjacent to an activating group) is 1. The van der Waals surface area contributed by atoms with Crippen LogP contribution < -0.4 is 9.80 Å². The molecule has 2 unspecified atom stereocenters. The van der Waals surface area contributed by atoms with Crippen LogP contribution in [0, 0.1) is 0 Å². The molecule has 2 aromatic carbocycles. The number of hydrogen-bond acceptors (Lipinski definition) is 4. The van der Waals surface area contributed by atoms with Gasteiger partial charge in [-0.1, -0.05) is 78.2 Å². The van der Waals surface area contributed by atoms with Crippen molar-refractivity contribution in [3.63, 3.8) is 0 Å². The number of rotatable bonds is 7. The Bertz CT molecular complexity index is 971. The van der Waals surface area contributed by atoms with Crippen molar-refractivity contribution in [1.29, 1.82) is 0 Å². The smallest absolute Gasteiger partial charge is 0.162 e. The molecule has 0 bridgehead atoms. The molecule has 4 rings (SSSR count). The molecule has 0 saturated carbocycles. The second-order valence-corrected chi connectivity index (χ2v) is 12.0. The van der Waals surface area contributed by atoms with Gasteiger partial charge >= 0.3 is 0 Å². The molecule has 2 atom stereocenters. The van der Waals surface area contributed by atoms with Gasteiger partial charge in [0.2, 0.25) is 0 Å². The Kier molecular flexibility index (Phi) is 7.21. The second-order valence-electron chi connectivity index (χ2n) is 7.16. The lowest BCUT2D eigenvalue weighted by molar-refractivity contribution is 0.787. The van der Waals surface area contributed by atoms with E-state index in [1.54, 1.807) is 0 Å². The van der Waals surface area contributed by atoms with Gasteiger partial charge in [-0.05, 0) is 73.2 Å². The van der Waals surface area contributed by atoms with Crippen LogP contribution in [-0.2, 0) is 0 Å². The van der Waals surface area contributed by atoms with Gasteiger partial charge < -0.3 is 9.80 Å². The number of alkyl halides is 1. The highest BCUT2D eigenvalue weighted by Gasteiger charge is 2.39. The molecule has 0 fully saturated rings. The number of para-hydroxylation sites is 2. The first-order valence-electron chi connectivity index (χ1n) is 10.4. The fourth-order valence-corrected chi connectivity index (χ4v) is 8.03. The van der Waals surface area contributed by atoms with E-state index in [0.717, 1.165) is 19.5 Å². The summed E-state index contributed by atoms with van der Waals surface area (Å²) in [6, 6.07) is 17.4. The fraction of sp³-hybridized carbons (Fsp3) is 0.280. The number of anilines is 2. The number of nitrogens with zero attached hydrogens (tertiary/aromatic N) is 2. The summed E-state index contributed by atoms with van der Waals surface area (Å²) >= 11 is 6.46. The van der Waals surface area contributed by atoms with E-state index in [9.17, 15) is 0 Å². The van der Waals surface area contributed by atoms with Crippen LogP contribution >= 0.6 is 46.1 Å². The molecule has 0 radical (unpaired) electrons. The molecule has 0 N–H and O–H groups in total. The van der Waals surface area contributed by atoms with Crippen LogP contribution in [-0.4, -0.2) is 21.3 Å². The van der Waals surface area contributed by atoms with Gasteiger partial charge in [-0.15, -0.1) is 0 Å². The predicted molar refractivity (Wildman–Crippen MR) is 143 cm³/mol. The van der Waals surface area contributed by atoms with Gasteiger partial charge in [0.05, 0.1) is 16.7 Å². The molecule has 0 saturated heterocycles. The zero-order chi connectivity index (χ0) is 21.0. The van der Waals surface area contributed by atoms with E-state index >= 15 is 0 Å². The third-order valence-corrected chi connectivity index (χ3v) is 9.46. The van der Waals surface area contributed by atoms with Crippen molar-refractivity contribution in [2.45, 2.75) is 38.3 Å². The second kappa shape index (κ2) is 9.88. The van der Waals surface area contributed by atoms with E-state index in [1.807, 2.05) is 23.5 Å². The largest absolute Gasteiger partial charge is 0.358 e. The third kappa shape index (κ3) is 4.48. The zero-order valence-corrected chi connectivity index (χ0v) is 21.2. The van der Waals surface area contributed by atoms with Gasteiger partial charge in [-0.2, -0.15) is 0 Å².